The quantitative estimate of drug-likeness (QED) is 0.470. The van der Waals surface area contributed by atoms with E-state index in [2.05, 4.69) is 13.8 Å². The molecule has 2 unspecified atom stereocenters. The molecule has 2 aliphatic rings. The van der Waals surface area contributed by atoms with Crippen LogP contribution in [0.5, 0.6) is 0 Å². The minimum Gasteiger partial charge on any atom is -0.269 e. The lowest BCUT2D eigenvalue weighted by atomic mass is 10.0. The molecule has 2 N–H and O–H groups in total. The molecule has 3 nitrogen and oxygen atoms in total. The summed E-state index contributed by atoms with van der Waals surface area (Å²) < 4.78 is 4.14. The van der Waals surface area contributed by atoms with Crippen LogP contribution < -0.4 is 5.84 Å². The summed E-state index contributed by atoms with van der Waals surface area (Å²) in [4.78, 5) is 0. The Hall–Kier alpha value is 0.0200. The van der Waals surface area contributed by atoms with E-state index in [1.807, 2.05) is 5.01 Å². The van der Waals surface area contributed by atoms with Gasteiger partial charge in [-0.1, -0.05) is 0 Å². The highest BCUT2D eigenvalue weighted by atomic mass is 31.0. The zero-order valence-corrected chi connectivity index (χ0v) is 7.53. The topological polar surface area (TPSA) is 41.6 Å². The second-order valence-corrected chi connectivity index (χ2v) is 3.99. The average molecular weight is 171 g/mol. The number of hydrogen-bond donors (Lipinski definition) is 1. The molecule has 11 heavy (non-hydrogen) atoms. The maximum atomic E-state index is 5.70. The Morgan fingerprint density at radius 2 is 1.82 bits per heavy atom. The zero-order chi connectivity index (χ0) is 7.84. The van der Waals surface area contributed by atoms with Gasteiger partial charge in [-0.05, 0) is 33.7 Å². The predicted octanol–water partition coefficient (Wildman–Crippen LogP) is 0.897. The lowest BCUT2D eigenvalue weighted by molar-refractivity contribution is 0.319. The number of fused-ring (bicyclic) bond motifs is 1. The molecule has 2 rings (SSSR count). The molecule has 1 saturated heterocycles. The van der Waals surface area contributed by atoms with E-state index in [9.17, 15) is 0 Å². The fourth-order valence-corrected chi connectivity index (χ4v) is 2.62. The van der Waals surface area contributed by atoms with Crippen LogP contribution in [-0.2, 0) is 0 Å². The summed E-state index contributed by atoms with van der Waals surface area (Å²) >= 11 is 0. The van der Waals surface area contributed by atoms with Gasteiger partial charge in [-0.25, -0.2) is 5.01 Å². The fourth-order valence-electron chi connectivity index (χ4n) is 2.41. The maximum absolute atomic E-state index is 5.70. The van der Waals surface area contributed by atoms with Gasteiger partial charge in [-0.3, -0.25) is 10.6 Å². The Labute approximate surface area is 69.2 Å². The van der Waals surface area contributed by atoms with Crippen molar-refractivity contribution in [3.05, 3.63) is 0 Å². The van der Waals surface area contributed by atoms with E-state index >= 15 is 0 Å². The highest BCUT2D eigenvalue weighted by molar-refractivity contribution is 7.04. The van der Waals surface area contributed by atoms with Gasteiger partial charge in [0, 0.05) is 13.1 Å². The summed E-state index contributed by atoms with van der Waals surface area (Å²) in [5.74, 6) is 7.32. The summed E-state index contributed by atoms with van der Waals surface area (Å²) in [5.41, 5.74) is 0. The first-order valence-corrected chi connectivity index (χ1v) is 4.60. The van der Waals surface area contributed by atoms with Crippen molar-refractivity contribution in [2.45, 2.75) is 18.9 Å². The monoisotopic (exact) mass is 171 g/mol. The smallest absolute Gasteiger partial charge is 0.0546 e. The molecule has 2 atom stereocenters. The van der Waals surface area contributed by atoms with Gasteiger partial charge in [-0.2, -0.15) is 0 Å². The van der Waals surface area contributed by atoms with Crippen LogP contribution in [0, 0.1) is 11.8 Å². The first-order chi connectivity index (χ1) is 5.29. The second-order valence-electron chi connectivity index (χ2n) is 3.73. The molecular formula is C7H14N3P. The first kappa shape index (κ1) is 7.66. The van der Waals surface area contributed by atoms with Crippen molar-refractivity contribution in [1.29, 1.82) is 0 Å². The van der Waals surface area contributed by atoms with Crippen LogP contribution in [0.15, 0.2) is 4.74 Å². The molecule has 2 fully saturated rings. The lowest BCUT2D eigenvalue weighted by Crippen LogP contribution is -2.29. The van der Waals surface area contributed by atoms with Crippen LogP contribution >= 0.6 is 9.03 Å². The molecular weight excluding hydrogens is 157 g/mol. The number of hydrogen-bond acceptors (Lipinski definition) is 3. The Kier molecular flexibility index (Phi) is 1.96. The van der Waals surface area contributed by atoms with Gasteiger partial charge in [-0.15, -0.1) is 0 Å². The van der Waals surface area contributed by atoms with Crippen molar-refractivity contribution in [3.8, 4) is 0 Å². The van der Waals surface area contributed by atoms with Gasteiger partial charge in [0.15, 0.2) is 0 Å². The highest BCUT2D eigenvalue weighted by Gasteiger charge is 2.39. The van der Waals surface area contributed by atoms with E-state index < -0.39 is 0 Å². The molecule has 1 saturated carbocycles. The molecule has 62 valence electrons. The van der Waals surface area contributed by atoms with Crippen molar-refractivity contribution >= 4 is 9.03 Å². The van der Waals surface area contributed by atoms with Gasteiger partial charge < -0.3 is 0 Å². The normalized spacial score (nSPS) is 44.3. The van der Waals surface area contributed by atoms with Gasteiger partial charge in [0.2, 0.25) is 0 Å². The number of rotatable bonds is 1. The SMILES string of the molecule is NN1CC2CC(N=P)CC2C1. The number of nitrogens with two attached hydrogens (primary N) is 1. The maximum Gasteiger partial charge on any atom is 0.0546 e. The first-order valence-electron chi connectivity index (χ1n) is 4.16. The van der Waals surface area contributed by atoms with E-state index in [0.29, 0.717) is 6.04 Å². The van der Waals surface area contributed by atoms with E-state index in [4.69, 9.17) is 5.84 Å². The molecule has 1 aliphatic carbocycles. The van der Waals surface area contributed by atoms with Gasteiger partial charge in [0.25, 0.3) is 0 Å². The van der Waals surface area contributed by atoms with Crippen molar-refractivity contribution in [2.75, 3.05) is 13.1 Å². The number of hydrazine groups is 1. The van der Waals surface area contributed by atoms with Crippen molar-refractivity contribution in [3.63, 3.8) is 0 Å². The summed E-state index contributed by atoms with van der Waals surface area (Å²) in [7, 11) is 3.23. The average Bonchev–Trinajstić information content (AvgIpc) is 2.43. The van der Waals surface area contributed by atoms with Crippen molar-refractivity contribution in [2.24, 2.45) is 22.4 Å². The molecule has 1 aliphatic heterocycles. The Balaban J connectivity index is 1.98. The lowest BCUT2D eigenvalue weighted by Gasteiger charge is -2.09. The van der Waals surface area contributed by atoms with Crippen LogP contribution in [0.4, 0.5) is 0 Å². The van der Waals surface area contributed by atoms with E-state index in [-0.39, 0.29) is 0 Å². The van der Waals surface area contributed by atoms with Crippen LogP contribution in [0.2, 0.25) is 0 Å². The van der Waals surface area contributed by atoms with Gasteiger partial charge in [0.1, 0.15) is 0 Å². The molecule has 0 amide bonds. The molecule has 0 spiro atoms. The summed E-state index contributed by atoms with van der Waals surface area (Å²) in [5, 5.41) is 1.94. The second kappa shape index (κ2) is 2.81. The Morgan fingerprint density at radius 3 is 2.27 bits per heavy atom. The van der Waals surface area contributed by atoms with E-state index in [0.717, 1.165) is 24.9 Å². The predicted molar refractivity (Wildman–Crippen MR) is 46.5 cm³/mol. The summed E-state index contributed by atoms with van der Waals surface area (Å²) in [6.45, 7) is 2.14. The molecule has 0 aromatic rings. The van der Waals surface area contributed by atoms with Gasteiger partial charge >= 0.3 is 0 Å². The summed E-state index contributed by atoms with van der Waals surface area (Å²) in [6.07, 6.45) is 2.45. The Morgan fingerprint density at radius 1 is 1.27 bits per heavy atom. The fraction of sp³-hybridized carbons (Fsp3) is 1.00. The minimum absolute atomic E-state index is 0.551. The highest BCUT2D eigenvalue weighted by Crippen LogP contribution is 2.38. The van der Waals surface area contributed by atoms with Crippen LogP contribution in [-0.4, -0.2) is 24.1 Å². The summed E-state index contributed by atoms with van der Waals surface area (Å²) in [6, 6.07) is 0.551. The molecule has 0 bridgehead atoms. The van der Waals surface area contributed by atoms with Crippen molar-refractivity contribution in [1.82, 2.24) is 5.01 Å². The third-order valence-corrected chi connectivity index (χ3v) is 3.30. The van der Waals surface area contributed by atoms with E-state index in [1.165, 1.54) is 12.8 Å². The zero-order valence-electron chi connectivity index (χ0n) is 6.53. The molecule has 0 radical (unpaired) electrons. The standard InChI is InChI=1S/C7H14N3P/c8-10-3-5-1-7(9-11)2-6(5)4-10/h5-7,11H,1-4,8H2. The van der Waals surface area contributed by atoms with Crippen LogP contribution in [0.25, 0.3) is 0 Å². The third-order valence-electron chi connectivity index (χ3n) is 2.94. The molecule has 1 heterocycles. The largest absolute Gasteiger partial charge is 0.269 e. The molecule has 0 aromatic carbocycles. The minimum atomic E-state index is 0.551. The van der Waals surface area contributed by atoms with Crippen LogP contribution in [0.1, 0.15) is 12.8 Å². The van der Waals surface area contributed by atoms with Crippen LogP contribution in [0.3, 0.4) is 0 Å². The Bertz CT molecular complexity index is 159. The molecule has 0 aromatic heterocycles. The molecule has 4 heteroatoms. The van der Waals surface area contributed by atoms with E-state index in [1.54, 1.807) is 0 Å². The number of nitrogens with zero attached hydrogens (tertiary/aromatic N) is 2. The third kappa shape index (κ3) is 1.33. The van der Waals surface area contributed by atoms with Crippen molar-refractivity contribution < 1.29 is 0 Å². The van der Waals surface area contributed by atoms with Gasteiger partial charge in [0.05, 0.1) is 6.04 Å².